The quantitative estimate of drug-likeness (QED) is 0.821. The molecule has 0 atom stereocenters. The van der Waals surface area contributed by atoms with Gasteiger partial charge >= 0.3 is 0 Å². The van der Waals surface area contributed by atoms with E-state index in [1.807, 2.05) is 12.3 Å². The molecule has 7 heteroatoms. The van der Waals surface area contributed by atoms with E-state index in [1.54, 1.807) is 0 Å². The first kappa shape index (κ1) is 19.6. The van der Waals surface area contributed by atoms with Gasteiger partial charge in [-0.2, -0.15) is 0 Å². The minimum absolute atomic E-state index is 0.0500. The highest BCUT2D eigenvalue weighted by atomic mass is 32.1. The molecule has 0 unspecified atom stereocenters. The zero-order valence-electron chi connectivity index (χ0n) is 16.7. The van der Waals surface area contributed by atoms with Gasteiger partial charge in [0.15, 0.2) is 10.9 Å². The number of hydrogen-bond acceptors (Lipinski definition) is 5. The Bertz CT molecular complexity index is 892. The number of nitrogens with two attached hydrogens (primary N) is 1. The van der Waals surface area contributed by atoms with E-state index in [0.717, 1.165) is 34.6 Å². The number of rotatable bonds is 5. The standard InChI is InChI=1S/C20H28N4O2S/c1-11(2)24-12(3)14(18-15(24)7-20(4,5)8-16(18)25)6-17(26)22-9-13-10-27-19(21)23-13/h10-11H,6-9H2,1-5H3,(H2,21,23)(H,22,26). The molecule has 2 heterocycles. The third-order valence-corrected chi connectivity index (χ3v) is 5.86. The van der Waals surface area contributed by atoms with Crippen LogP contribution in [0.25, 0.3) is 0 Å². The molecule has 0 radical (unpaired) electrons. The number of carbonyl (C=O) groups excluding carboxylic acids is 2. The first-order valence-electron chi connectivity index (χ1n) is 9.31. The molecule has 1 aliphatic carbocycles. The van der Waals surface area contributed by atoms with Crippen molar-refractivity contribution in [3.8, 4) is 0 Å². The number of nitrogens with zero attached hydrogens (tertiary/aromatic N) is 2. The van der Waals surface area contributed by atoms with Crippen LogP contribution >= 0.6 is 11.3 Å². The number of thiazole rings is 1. The van der Waals surface area contributed by atoms with Crippen LogP contribution in [0.3, 0.4) is 0 Å². The van der Waals surface area contributed by atoms with Crippen molar-refractivity contribution >= 4 is 28.2 Å². The van der Waals surface area contributed by atoms with E-state index in [9.17, 15) is 9.59 Å². The SMILES string of the molecule is Cc1c(CC(=O)NCc2csc(N)n2)c2c(n1C(C)C)CC(C)(C)CC2=O. The highest BCUT2D eigenvalue weighted by Crippen LogP contribution is 2.40. The molecule has 3 N–H and O–H groups in total. The molecule has 0 saturated carbocycles. The third-order valence-electron chi connectivity index (χ3n) is 5.13. The Hall–Kier alpha value is -2.15. The van der Waals surface area contributed by atoms with Crippen LogP contribution in [0.5, 0.6) is 0 Å². The Morgan fingerprint density at radius 3 is 2.70 bits per heavy atom. The number of Topliss-reactive ketones (excluding diaryl/α,β-unsaturated/α-hetero) is 1. The van der Waals surface area contributed by atoms with Crippen LogP contribution < -0.4 is 11.1 Å². The molecular formula is C20H28N4O2S. The van der Waals surface area contributed by atoms with E-state index >= 15 is 0 Å². The number of nitrogens with one attached hydrogen (secondary N) is 1. The molecule has 0 spiro atoms. The van der Waals surface area contributed by atoms with Crippen molar-refractivity contribution in [2.75, 3.05) is 5.73 Å². The molecule has 0 aromatic carbocycles. The molecule has 0 saturated heterocycles. The normalized spacial score (nSPS) is 15.9. The number of nitrogen functional groups attached to an aromatic ring is 1. The topological polar surface area (TPSA) is 90.0 Å². The van der Waals surface area contributed by atoms with Crippen molar-refractivity contribution in [3.63, 3.8) is 0 Å². The maximum absolute atomic E-state index is 12.9. The second-order valence-corrected chi connectivity index (χ2v) is 9.31. The highest BCUT2D eigenvalue weighted by molar-refractivity contribution is 7.13. The maximum Gasteiger partial charge on any atom is 0.224 e. The number of carbonyl (C=O) groups is 2. The van der Waals surface area contributed by atoms with Gasteiger partial charge in [-0.3, -0.25) is 9.59 Å². The second-order valence-electron chi connectivity index (χ2n) is 8.42. The Labute approximate surface area is 164 Å². The first-order chi connectivity index (χ1) is 12.6. The molecular weight excluding hydrogens is 360 g/mol. The van der Waals surface area contributed by atoms with E-state index in [0.29, 0.717) is 18.1 Å². The lowest BCUT2D eigenvalue weighted by atomic mass is 9.75. The first-order valence-corrected chi connectivity index (χ1v) is 10.2. The summed E-state index contributed by atoms with van der Waals surface area (Å²) in [5, 5.41) is 5.22. The van der Waals surface area contributed by atoms with Crippen molar-refractivity contribution in [1.29, 1.82) is 0 Å². The molecule has 6 nitrogen and oxygen atoms in total. The third kappa shape index (κ3) is 3.93. The predicted octanol–water partition coefficient (Wildman–Crippen LogP) is 3.43. The van der Waals surface area contributed by atoms with Gasteiger partial charge in [-0.05, 0) is 38.2 Å². The summed E-state index contributed by atoms with van der Waals surface area (Å²) in [5.41, 5.74) is 10.1. The average molecular weight is 389 g/mol. The lowest BCUT2D eigenvalue weighted by Crippen LogP contribution is -2.29. The summed E-state index contributed by atoms with van der Waals surface area (Å²) < 4.78 is 2.23. The van der Waals surface area contributed by atoms with E-state index < -0.39 is 0 Å². The largest absolute Gasteiger partial charge is 0.375 e. The number of fused-ring (bicyclic) bond motifs is 1. The monoisotopic (exact) mass is 388 g/mol. The fraction of sp³-hybridized carbons (Fsp3) is 0.550. The Balaban J connectivity index is 1.87. The van der Waals surface area contributed by atoms with E-state index in [2.05, 4.69) is 42.6 Å². The van der Waals surface area contributed by atoms with Crippen molar-refractivity contribution in [2.24, 2.45) is 5.41 Å². The number of anilines is 1. The van der Waals surface area contributed by atoms with Gasteiger partial charge in [0.1, 0.15) is 0 Å². The fourth-order valence-corrected chi connectivity index (χ4v) is 4.66. The Kier molecular flexibility index (Phi) is 5.16. The minimum Gasteiger partial charge on any atom is -0.375 e. The van der Waals surface area contributed by atoms with Gasteiger partial charge in [0.25, 0.3) is 0 Å². The molecule has 2 aromatic rings. The van der Waals surface area contributed by atoms with Gasteiger partial charge < -0.3 is 15.6 Å². The van der Waals surface area contributed by atoms with Crippen molar-refractivity contribution < 1.29 is 9.59 Å². The van der Waals surface area contributed by atoms with Crippen LogP contribution in [0.2, 0.25) is 0 Å². The number of aromatic nitrogens is 2. The molecule has 1 aliphatic rings. The average Bonchev–Trinajstić information content (AvgIpc) is 3.06. The van der Waals surface area contributed by atoms with Crippen LogP contribution in [0.15, 0.2) is 5.38 Å². The van der Waals surface area contributed by atoms with Crippen LogP contribution in [0.1, 0.15) is 73.2 Å². The summed E-state index contributed by atoms with van der Waals surface area (Å²) in [6, 6.07) is 0.246. The zero-order chi connectivity index (χ0) is 19.9. The summed E-state index contributed by atoms with van der Waals surface area (Å²) in [6.07, 6.45) is 1.58. The van der Waals surface area contributed by atoms with Crippen molar-refractivity contribution in [3.05, 3.63) is 33.6 Å². The highest BCUT2D eigenvalue weighted by Gasteiger charge is 2.37. The summed E-state index contributed by atoms with van der Waals surface area (Å²) in [5.74, 6) is 0.0461. The fourth-order valence-electron chi connectivity index (χ4n) is 4.10. The Morgan fingerprint density at radius 2 is 2.11 bits per heavy atom. The molecule has 1 amide bonds. The van der Waals surface area contributed by atoms with Gasteiger partial charge in [0.2, 0.25) is 5.91 Å². The minimum atomic E-state index is -0.106. The molecule has 0 fully saturated rings. The summed E-state index contributed by atoms with van der Waals surface area (Å²) in [7, 11) is 0. The van der Waals surface area contributed by atoms with E-state index in [-0.39, 0.29) is 29.6 Å². The van der Waals surface area contributed by atoms with E-state index in [1.165, 1.54) is 11.3 Å². The molecule has 2 aromatic heterocycles. The molecule has 146 valence electrons. The Morgan fingerprint density at radius 1 is 1.41 bits per heavy atom. The number of amides is 1. The lowest BCUT2D eigenvalue weighted by molar-refractivity contribution is -0.120. The van der Waals surface area contributed by atoms with Gasteiger partial charge in [-0.1, -0.05) is 13.8 Å². The van der Waals surface area contributed by atoms with Gasteiger partial charge in [-0.25, -0.2) is 4.98 Å². The zero-order valence-corrected chi connectivity index (χ0v) is 17.5. The molecule has 3 rings (SSSR count). The van der Waals surface area contributed by atoms with Crippen molar-refractivity contribution in [2.45, 2.75) is 66.5 Å². The number of ketones is 1. The van der Waals surface area contributed by atoms with Gasteiger partial charge in [0.05, 0.1) is 18.7 Å². The van der Waals surface area contributed by atoms with Crippen LogP contribution in [0.4, 0.5) is 5.13 Å². The summed E-state index contributed by atoms with van der Waals surface area (Å²) >= 11 is 1.36. The predicted molar refractivity (Wildman–Crippen MR) is 108 cm³/mol. The van der Waals surface area contributed by atoms with Gasteiger partial charge in [0, 0.05) is 34.8 Å². The van der Waals surface area contributed by atoms with E-state index in [4.69, 9.17) is 5.73 Å². The van der Waals surface area contributed by atoms with Crippen LogP contribution in [-0.4, -0.2) is 21.2 Å². The van der Waals surface area contributed by atoms with Gasteiger partial charge in [-0.15, -0.1) is 11.3 Å². The number of hydrogen-bond donors (Lipinski definition) is 2. The smallest absolute Gasteiger partial charge is 0.224 e. The summed E-state index contributed by atoms with van der Waals surface area (Å²) in [6.45, 7) is 10.9. The van der Waals surface area contributed by atoms with Crippen LogP contribution in [0, 0.1) is 12.3 Å². The van der Waals surface area contributed by atoms with Crippen LogP contribution in [-0.2, 0) is 24.2 Å². The summed E-state index contributed by atoms with van der Waals surface area (Å²) in [4.78, 5) is 29.6. The van der Waals surface area contributed by atoms with Crippen molar-refractivity contribution in [1.82, 2.24) is 14.9 Å². The lowest BCUT2D eigenvalue weighted by Gasteiger charge is -2.31. The molecule has 0 bridgehead atoms. The second kappa shape index (κ2) is 7.11. The molecule has 0 aliphatic heterocycles. The maximum atomic E-state index is 12.9. The molecule has 27 heavy (non-hydrogen) atoms.